The lowest BCUT2D eigenvalue weighted by Gasteiger charge is -2.17. The largest absolute Gasteiger partial charge is 0.480 e. The molecule has 106 valence electrons. The number of para-hydroxylation sites is 1. The van der Waals surface area contributed by atoms with Gasteiger partial charge in [-0.15, -0.1) is 0 Å². The van der Waals surface area contributed by atoms with Crippen LogP contribution in [-0.4, -0.2) is 44.7 Å². The van der Waals surface area contributed by atoms with Crippen molar-refractivity contribution in [2.75, 3.05) is 13.1 Å². The molecular weight excluding hydrogens is 260 g/mol. The first-order valence-electron chi connectivity index (χ1n) is 6.16. The van der Waals surface area contributed by atoms with E-state index in [0.29, 0.717) is 6.54 Å². The number of carboxylic acid groups (broad SMARTS) is 2. The SMILES string of the molecule is Cn1cc(CN(CC(=O)O)CC(=O)O)c2ccccc21. The van der Waals surface area contributed by atoms with Crippen LogP contribution in [0.25, 0.3) is 10.9 Å². The number of aromatic nitrogens is 1. The molecule has 0 amide bonds. The molecule has 0 saturated heterocycles. The van der Waals surface area contributed by atoms with E-state index in [0.717, 1.165) is 16.5 Å². The molecule has 0 unspecified atom stereocenters. The molecule has 1 aromatic heterocycles. The average molecular weight is 276 g/mol. The minimum Gasteiger partial charge on any atom is -0.480 e. The molecule has 1 heterocycles. The Bertz CT molecular complexity index is 632. The Morgan fingerprint density at radius 1 is 1.15 bits per heavy atom. The molecule has 0 radical (unpaired) electrons. The van der Waals surface area contributed by atoms with Crippen molar-refractivity contribution in [3.8, 4) is 0 Å². The molecule has 0 aliphatic rings. The summed E-state index contributed by atoms with van der Waals surface area (Å²) in [6.45, 7) is -0.301. The summed E-state index contributed by atoms with van der Waals surface area (Å²) >= 11 is 0. The minimum atomic E-state index is -1.04. The summed E-state index contributed by atoms with van der Waals surface area (Å²) < 4.78 is 1.95. The van der Waals surface area contributed by atoms with E-state index >= 15 is 0 Å². The minimum absolute atomic E-state index is 0.292. The zero-order chi connectivity index (χ0) is 14.7. The number of aliphatic carboxylic acids is 2. The molecule has 0 aliphatic carbocycles. The van der Waals surface area contributed by atoms with Gasteiger partial charge in [-0.3, -0.25) is 14.5 Å². The summed E-state index contributed by atoms with van der Waals surface area (Å²) in [4.78, 5) is 23.0. The molecule has 0 saturated carbocycles. The Hall–Kier alpha value is -2.34. The van der Waals surface area contributed by atoms with Crippen LogP contribution in [0, 0.1) is 0 Å². The molecule has 0 bridgehead atoms. The van der Waals surface area contributed by atoms with Crippen LogP contribution in [0.2, 0.25) is 0 Å². The van der Waals surface area contributed by atoms with Gasteiger partial charge in [-0.2, -0.15) is 0 Å². The van der Waals surface area contributed by atoms with Crippen molar-refractivity contribution in [1.29, 1.82) is 0 Å². The highest BCUT2D eigenvalue weighted by Gasteiger charge is 2.16. The Morgan fingerprint density at radius 2 is 1.75 bits per heavy atom. The standard InChI is InChI=1S/C14H16N2O4/c1-15-6-10(11-4-2-3-5-12(11)15)7-16(8-13(17)18)9-14(19)20/h2-6H,7-9H2,1H3,(H,17,18)(H,19,20). The second-order valence-corrected chi connectivity index (χ2v) is 4.72. The number of fused-ring (bicyclic) bond motifs is 1. The Labute approximate surface area is 115 Å². The van der Waals surface area contributed by atoms with E-state index in [9.17, 15) is 9.59 Å². The lowest BCUT2D eigenvalue weighted by Crippen LogP contribution is -2.33. The molecule has 1 aromatic carbocycles. The number of hydrogen-bond acceptors (Lipinski definition) is 3. The normalized spacial score (nSPS) is 11.1. The predicted octanol–water partition coefficient (Wildman–Crippen LogP) is 1.15. The Balaban J connectivity index is 2.28. The smallest absolute Gasteiger partial charge is 0.317 e. The molecule has 0 aliphatic heterocycles. The van der Waals surface area contributed by atoms with E-state index < -0.39 is 11.9 Å². The first-order valence-corrected chi connectivity index (χ1v) is 6.16. The fraction of sp³-hybridized carbons (Fsp3) is 0.286. The van der Waals surface area contributed by atoms with Crippen molar-refractivity contribution in [1.82, 2.24) is 9.47 Å². The average Bonchev–Trinajstić information content (AvgIpc) is 2.65. The highest BCUT2D eigenvalue weighted by Crippen LogP contribution is 2.21. The van der Waals surface area contributed by atoms with Crippen molar-refractivity contribution < 1.29 is 19.8 Å². The summed E-state index contributed by atoms with van der Waals surface area (Å²) in [6, 6.07) is 7.75. The van der Waals surface area contributed by atoms with Gasteiger partial charge >= 0.3 is 11.9 Å². The molecular formula is C14H16N2O4. The number of benzene rings is 1. The van der Waals surface area contributed by atoms with Crippen molar-refractivity contribution in [3.05, 3.63) is 36.0 Å². The van der Waals surface area contributed by atoms with Crippen molar-refractivity contribution >= 4 is 22.8 Å². The van der Waals surface area contributed by atoms with E-state index in [1.165, 1.54) is 4.90 Å². The molecule has 2 aromatic rings. The van der Waals surface area contributed by atoms with Crippen LogP contribution < -0.4 is 0 Å². The molecule has 6 heteroatoms. The molecule has 0 spiro atoms. The van der Waals surface area contributed by atoms with Gasteiger partial charge in [0.05, 0.1) is 13.1 Å². The van der Waals surface area contributed by atoms with Crippen LogP contribution in [0.5, 0.6) is 0 Å². The van der Waals surface area contributed by atoms with E-state index in [2.05, 4.69) is 0 Å². The van der Waals surface area contributed by atoms with Crippen LogP contribution in [0.15, 0.2) is 30.5 Å². The first kappa shape index (κ1) is 14.1. The lowest BCUT2D eigenvalue weighted by atomic mass is 10.1. The van der Waals surface area contributed by atoms with Crippen LogP contribution in [0.4, 0.5) is 0 Å². The monoisotopic (exact) mass is 276 g/mol. The fourth-order valence-corrected chi connectivity index (χ4v) is 2.34. The van der Waals surface area contributed by atoms with Gasteiger partial charge in [-0.1, -0.05) is 18.2 Å². The zero-order valence-electron chi connectivity index (χ0n) is 11.1. The predicted molar refractivity (Wildman–Crippen MR) is 73.5 cm³/mol. The van der Waals surface area contributed by atoms with Gasteiger partial charge in [0.15, 0.2) is 0 Å². The van der Waals surface area contributed by atoms with Crippen molar-refractivity contribution in [2.24, 2.45) is 7.05 Å². The lowest BCUT2D eigenvalue weighted by molar-refractivity contribution is -0.141. The fourth-order valence-electron chi connectivity index (χ4n) is 2.34. The molecule has 2 N–H and O–H groups in total. The number of carbonyl (C=O) groups is 2. The highest BCUT2D eigenvalue weighted by molar-refractivity contribution is 5.84. The zero-order valence-corrected chi connectivity index (χ0v) is 11.1. The van der Waals surface area contributed by atoms with Gasteiger partial charge in [0.25, 0.3) is 0 Å². The maximum Gasteiger partial charge on any atom is 0.317 e. The second-order valence-electron chi connectivity index (χ2n) is 4.72. The summed E-state index contributed by atoms with van der Waals surface area (Å²) in [5.41, 5.74) is 1.96. The van der Waals surface area contributed by atoms with E-state index in [4.69, 9.17) is 10.2 Å². The molecule has 0 fully saturated rings. The maximum absolute atomic E-state index is 10.8. The topological polar surface area (TPSA) is 82.8 Å². The van der Waals surface area contributed by atoms with Crippen LogP contribution in [0.1, 0.15) is 5.56 Å². The van der Waals surface area contributed by atoms with Crippen molar-refractivity contribution in [2.45, 2.75) is 6.54 Å². The third-order valence-electron chi connectivity index (χ3n) is 3.09. The first-order chi connectivity index (χ1) is 9.47. The second kappa shape index (κ2) is 5.75. The summed E-state index contributed by atoms with van der Waals surface area (Å²) in [6.07, 6.45) is 1.90. The van der Waals surface area contributed by atoms with Crippen LogP contribution in [-0.2, 0) is 23.2 Å². The summed E-state index contributed by atoms with van der Waals surface area (Å²) in [5, 5.41) is 18.7. The number of hydrogen-bond donors (Lipinski definition) is 2. The van der Waals surface area contributed by atoms with E-state index in [1.807, 2.05) is 42.1 Å². The number of aryl methyl sites for hydroxylation is 1. The maximum atomic E-state index is 10.8. The number of carboxylic acids is 2. The quantitative estimate of drug-likeness (QED) is 0.827. The van der Waals surface area contributed by atoms with Crippen LogP contribution in [0.3, 0.4) is 0 Å². The Morgan fingerprint density at radius 3 is 2.35 bits per heavy atom. The molecule has 0 atom stereocenters. The number of rotatable bonds is 6. The van der Waals surface area contributed by atoms with Gasteiger partial charge in [0.2, 0.25) is 0 Å². The number of nitrogens with zero attached hydrogens (tertiary/aromatic N) is 2. The molecule has 20 heavy (non-hydrogen) atoms. The third kappa shape index (κ3) is 3.16. The van der Waals surface area contributed by atoms with Crippen molar-refractivity contribution in [3.63, 3.8) is 0 Å². The van der Waals surface area contributed by atoms with Gasteiger partial charge in [0, 0.05) is 30.7 Å². The highest BCUT2D eigenvalue weighted by atomic mass is 16.4. The molecule has 6 nitrogen and oxygen atoms in total. The summed E-state index contributed by atoms with van der Waals surface area (Å²) in [7, 11) is 1.91. The van der Waals surface area contributed by atoms with E-state index in [1.54, 1.807) is 0 Å². The van der Waals surface area contributed by atoms with Gasteiger partial charge in [0.1, 0.15) is 0 Å². The third-order valence-corrected chi connectivity index (χ3v) is 3.09. The van der Waals surface area contributed by atoms with Crippen LogP contribution >= 0.6 is 0 Å². The van der Waals surface area contributed by atoms with Gasteiger partial charge < -0.3 is 14.8 Å². The van der Waals surface area contributed by atoms with E-state index in [-0.39, 0.29) is 13.1 Å². The molecule has 2 rings (SSSR count). The summed E-state index contributed by atoms with van der Waals surface area (Å²) in [5.74, 6) is -2.07. The Kier molecular flexibility index (Phi) is 4.05. The van der Waals surface area contributed by atoms with Gasteiger partial charge in [-0.05, 0) is 11.6 Å². The van der Waals surface area contributed by atoms with Gasteiger partial charge in [-0.25, -0.2) is 0 Å².